The lowest BCUT2D eigenvalue weighted by molar-refractivity contribution is -0.139. The smallest absolute Gasteiger partial charge is 0.305 e. The number of rotatable bonds is 3. The van der Waals surface area contributed by atoms with Crippen LogP contribution in [0.3, 0.4) is 0 Å². The summed E-state index contributed by atoms with van der Waals surface area (Å²) < 4.78 is 0. The molecule has 0 aromatic carbocycles. The Balaban J connectivity index is 2.30. The van der Waals surface area contributed by atoms with E-state index in [0.29, 0.717) is 30.4 Å². The van der Waals surface area contributed by atoms with Gasteiger partial charge in [0, 0.05) is 13.1 Å². The Hall–Kier alpha value is -2.25. The van der Waals surface area contributed by atoms with Crippen LogP contribution in [0.1, 0.15) is 17.8 Å². The van der Waals surface area contributed by atoms with Crippen molar-refractivity contribution in [3.8, 4) is 0 Å². The van der Waals surface area contributed by atoms with Gasteiger partial charge in [0.2, 0.25) is 11.9 Å². The summed E-state index contributed by atoms with van der Waals surface area (Å²) in [5, 5.41) is 19.4. The minimum Gasteiger partial charge on any atom is -0.481 e. The van der Waals surface area contributed by atoms with E-state index >= 15 is 0 Å². The first-order valence-electron chi connectivity index (χ1n) is 5.93. The number of hydrogen-bond acceptors (Lipinski definition) is 6. The van der Waals surface area contributed by atoms with Crippen molar-refractivity contribution in [1.29, 1.82) is 0 Å². The van der Waals surface area contributed by atoms with E-state index in [-0.39, 0.29) is 12.3 Å². The molecular formula is C11H15N5O3. The number of aryl methyl sites for hydroxylation is 2. The number of aromatic nitrogens is 3. The van der Waals surface area contributed by atoms with Gasteiger partial charge < -0.3 is 15.3 Å². The average molecular weight is 265 g/mol. The molecule has 1 aromatic rings. The number of carbonyl (C=O) groups is 2. The van der Waals surface area contributed by atoms with E-state index < -0.39 is 12.0 Å². The Kier molecular flexibility index (Phi) is 3.59. The number of amides is 1. The highest BCUT2D eigenvalue weighted by Crippen LogP contribution is 2.16. The van der Waals surface area contributed by atoms with Gasteiger partial charge in [-0.05, 0) is 13.8 Å². The molecule has 1 aromatic heterocycles. The molecule has 1 aliphatic heterocycles. The molecule has 1 unspecified atom stereocenters. The zero-order valence-corrected chi connectivity index (χ0v) is 10.8. The lowest BCUT2D eigenvalue weighted by Crippen LogP contribution is -2.56. The fourth-order valence-corrected chi connectivity index (χ4v) is 1.89. The Morgan fingerprint density at radius 3 is 2.79 bits per heavy atom. The van der Waals surface area contributed by atoms with Crippen LogP contribution in [0.4, 0.5) is 5.95 Å². The number of piperazine rings is 1. The van der Waals surface area contributed by atoms with Crippen LogP contribution in [0, 0.1) is 13.8 Å². The van der Waals surface area contributed by atoms with Crippen LogP contribution in [0.5, 0.6) is 0 Å². The fourth-order valence-electron chi connectivity index (χ4n) is 1.89. The van der Waals surface area contributed by atoms with Crippen LogP contribution in [-0.2, 0) is 9.59 Å². The zero-order valence-electron chi connectivity index (χ0n) is 10.8. The first kappa shape index (κ1) is 13.2. The second-order valence-electron chi connectivity index (χ2n) is 4.38. The summed E-state index contributed by atoms with van der Waals surface area (Å²) in [4.78, 5) is 28.5. The highest BCUT2D eigenvalue weighted by atomic mass is 16.4. The molecule has 1 saturated heterocycles. The number of carbonyl (C=O) groups excluding carboxylic acids is 1. The first-order valence-corrected chi connectivity index (χ1v) is 5.93. The van der Waals surface area contributed by atoms with Gasteiger partial charge in [-0.3, -0.25) is 9.59 Å². The molecule has 0 aliphatic carbocycles. The minimum atomic E-state index is -1.04. The number of nitrogens with zero attached hydrogens (tertiary/aromatic N) is 4. The molecule has 8 heteroatoms. The first-order chi connectivity index (χ1) is 8.99. The van der Waals surface area contributed by atoms with E-state index in [4.69, 9.17) is 5.11 Å². The van der Waals surface area contributed by atoms with Gasteiger partial charge in [0.15, 0.2) is 0 Å². The van der Waals surface area contributed by atoms with Gasteiger partial charge in [0.05, 0.1) is 17.8 Å². The minimum absolute atomic E-state index is 0.290. The summed E-state index contributed by atoms with van der Waals surface area (Å²) in [5.41, 5.74) is 1.42. The number of carboxylic acid groups (broad SMARTS) is 1. The Morgan fingerprint density at radius 1 is 1.42 bits per heavy atom. The van der Waals surface area contributed by atoms with E-state index in [9.17, 15) is 9.59 Å². The van der Waals surface area contributed by atoms with Gasteiger partial charge in [0.25, 0.3) is 0 Å². The lowest BCUT2D eigenvalue weighted by atomic mass is 10.1. The van der Waals surface area contributed by atoms with Crippen LogP contribution in [0.25, 0.3) is 0 Å². The van der Waals surface area contributed by atoms with E-state index in [1.807, 2.05) is 0 Å². The molecule has 1 aliphatic rings. The van der Waals surface area contributed by atoms with E-state index in [2.05, 4.69) is 20.5 Å². The van der Waals surface area contributed by atoms with E-state index in [1.54, 1.807) is 18.7 Å². The molecule has 102 valence electrons. The lowest BCUT2D eigenvalue weighted by Gasteiger charge is -2.33. The van der Waals surface area contributed by atoms with Crippen LogP contribution < -0.4 is 10.2 Å². The monoisotopic (exact) mass is 265 g/mol. The molecule has 19 heavy (non-hydrogen) atoms. The molecule has 1 amide bonds. The third-order valence-electron chi connectivity index (χ3n) is 3.04. The maximum absolute atomic E-state index is 11.8. The maximum Gasteiger partial charge on any atom is 0.305 e. The molecule has 8 nitrogen and oxygen atoms in total. The van der Waals surface area contributed by atoms with Crippen molar-refractivity contribution in [2.45, 2.75) is 26.3 Å². The number of nitrogens with one attached hydrogen (secondary N) is 1. The summed E-state index contributed by atoms with van der Waals surface area (Å²) in [6, 6.07) is -0.796. The quantitative estimate of drug-likeness (QED) is 0.741. The van der Waals surface area contributed by atoms with Gasteiger partial charge in [-0.15, -0.1) is 5.10 Å². The van der Waals surface area contributed by atoms with Gasteiger partial charge in [-0.2, -0.15) is 5.10 Å². The largest absolute Gasteiger partial charge is 0.481 e. The van der Waals surface area contributed by atoms with Crippen LogP contribution in [0.15, 0.2) is 0 Å². The normalized spacial score (nSPS) is 19.2. The fraction of sp³-hybridized carbons (Fsp3) is 0.545. The molecule has 0 saturated carbocycles. The van der Waals surface area contributed by atoms with E-state index in [0.717, 1.165) is 0 Å². The number of aliphatic carboxylic acids is 1. The van der Waals surface area contributed by atoms with E-state index in [1.165, 1.54) is 0 Å². The molecule has 0 radical (unpaired) electrons. The molecule has 1 fully saturated rings. The third-order valence-corrected chi connectivity index (χ3v) is 3.04. The molecule has 1 atom stereocenters. The standard InChI is InChI=1S/C11H15N5O3/c1-6-7(2)14-15-11(13-6)16-4-3-12-10(19)8(16)5-9(17)18/h8H,3-5H2,1-2H3,(H,12,19)(H,17,18). The molecule has 0 spiro atoms. The summed E-state index contributed by atoms with van der Waals surface area (Å²) in [7, 11) is 0. The predicted molar refractivity (Wildman–Crippen MR) is 65.7 cm³/mol. The molecule has 2 N–H and O–H groups in total. The van der Waals surface area contributed by atoms with Gasteiger partial charge in [-0.1, -0.05) is 0 Å². The van der Waals surface area contributed by atoms with Crippen molar-refractivity contribution in [1.82, 2.24) is 20.5 Å². The Morgan fingerprint density at radius 2 is 2.16 bits per heavy atom. The Bertz CT molecular complexity index is 519. The highest BCUT2D eigenvalue weighted by molar-refractivity contribution is 5.89. The van der Waals surface area contributed by atoms with Crippen molar-refractivity contribution in [3.63, 3.8) is 0 Å². The molecule has 2 heterocycles. The Labute approximate surface area is 109 Å². The number of carboxylic acids is 1. The summed E-state index contributed by atoms with van der Waals surface area (Å²) in [6.07, 6.45) is -0.290. The van der Waals surface area contributed by atoms with Gasteiger partial charge in [0.1, 0.15) is 6.04 Å². The van der Waals surface area contributed by atoms with Crippen LogP contribution >= 0.6 is 0 Å². The zero-order chi connectivity index (χ0) is 14.0. The van der Waals surface area contributed by atoms with Crippen molar-refractivity contribution >= 4 is 17.8 Å². The van der Waals surface area contributed by atoms with Gasteiger partial charge >= 0.3 is 5.97 Å². The summed E-state index contributed by atoms with van der Waals surface area (Å²) >= 11 is 0. The predicted octanol–water partition coefficient (Wildman–Crippen LogP) is -0.732. The van der Waals surface area contributed by atoms with Crippen molar-refractivity contribution in [2.24, 2.45) is 0 Å². The second-order valence-corrected chi connectivity index (χ2v) is 4.38. The number of hydrogen-bond donors (Lipinski definition) is 2. The summed E-state index contributed by atoms with van der Waals surface area (Å²) in [5.74, 6) is -1.07. The van der Waals surface area contributed by atoms with Crippen molar-refractivity contribution in [2.75, 3.05) is 18.0 Å². The number of anilines is 1. The van der Waals surface area contributed by atoms with Crippen LogP contribution in [0.2, 0.25) is 0 Å². The third kappa shape index (κ3) is 2.78. The summed E-state index contributed by atoms with van der Waals surface area (Å²) in [6.45, 7) is 4.49. The SMILES string of the molecule is Cc1nnc(N2CCNC(=O)C2CC(=O)O)nc1C. The second kappa shape index (κ2) is 5.17. The van der Waals surface area contributed by atoms with Crippen molar-refractivity contribution in [3.05, 3.63) is 11.4 Å². The average Bonchev–Trinajstić information content (AvgIpc) is 2.35. The molecule has 2 rings (SSSR count). The van der Waals surface area contributed by atoms with Gasteiger partial charge in [-0.25, -0.2) is 4.98 Å². The highest BCUT2D eigenvalue weighted by Gasteiger charge is 2.33. The molecule has 0 bridgehead atoms. The maximum atomic E-state index is 11.8. The molecular weight excluding hydrogens is 250 g/mol. The van der Waals surface area contributed by atoms with Crippen LogP contribution in [-0.4, -0.2) is 51.3 Å². The van der Waals surface area contributed by atoms with Crippen molar-refractivity contribution < 1.29 is 14.7 Å². The topological polar surface area (TPSA) is 108 Å².